The summed E-state index contributed by atoms with van der Waals surface area (Å²) in [6, 6.07) is 2.56. The van der Waals surface area contributed by atoms with Crippen LogP contribution in [-0.2, 0) is 13.2 Å². The van der Waals surface area contributed by atoms with Gasteiger partial charge in [0.1, 0.15) is 0 Å². The van der Waals surface area contributed by atoms with Crippen LogP contribution in [0.3, 0.4) is 0 Å². The Morgan fingerprint density at radius 3 is 1.46 bits per heavy atom. The van der Waals surface area contributed by atoms with Crippen molar-refractivity contribution in [1.82, 2.24) is 19.4 Å². The topological polar surface area (TPSA) is 91.0 Å². The van der Waals surface area contributed by atoms with Gasteiger partial charge in [-0.15, -0.1) is 0 Å². The van der Waals surface area contributed by atoms with Crippen LogP contribution in [0.2, 0.25) is 0 Å². The third-order valence-corrected chi connectivity index (χ3v) is 8.22. The highest BCUT2D eigenvalue weighted by molar-refractivity contribution is 5.44. The van der Waals surface area contributed by atoms with Crippen molar-refractivity contribution in [3.8, 4) is 0 Å². The van der Waals surface area contributed by atoms with Crippen molar-refractivity contribution < 1.29 is 43.9 Å². The molecule has 57 heavy (non-hydrogen) atoms. The maximum Gasteiger partial charge on any atom is 0.416 e. The lowest BCUT2D eigenvalue weighted by Gasteiger charge is -2.28. The molecule has 3 aromatic heterocycles. The molecule has 3 aromatic rings. The number of H-pyrrole nitrogens is 2. The molecule has 1 aliphatic heterocycles. The minimum atomic E-state index is -4.46. The van der Waals surface area contributed by atoms with E-state index >= 15 is 0 Å². The lowest BCUT2D eigenvalue weighted by molar-refractivity contribution is -0.138. The van der Waals surface area contributed by atoms with E-state index in [-0.39, 0.29) is 47.8 Å². The fraction of sp³-hybridized carbons (Fsp3) is 0.475. The Balaban J connectivity index is 0.000000730. The molecule has 4 heterocycles. The summed E-state index contributed by atoms with van der Waals surface area (Å²) in [5, 5.41) is 0. The van der Waals surface area contributed by atoms with Gasteiger partial charge in [0, 0.05) is 73.9 Å². The van der Waals surface area contributed by atoms with Crippen molar-refractivity contribution >= 4 is 0 Å². The van der Waals surface area contributed by atoms with Crippen LogP contribution in [0.25, 0.3) is 0 Å². The lowest BCUT2D eigenvalue weighted by atomic mass is 9.92. The molecule has 0 unspecified atom stereocenters. The van der Waals surface area contributed by atoms with E-state index < -0.39 is 53.0 Å². The predicted octanol–water partition coefficient (Wildman–Crippen LogP) is 11.5. The average molecular weight is 827 g/mol. The molecule has 17 heteroatoms. The molecule has 0 saturated heterocycles. The summed E-state index contributed by atoms with van der Waals surface area (Å²) in [5.41, 5.74) is -1.58. The Morgan fingerprint density at radius 2 is 1.05 bits per heavy atom. The number of hydrogen-bond donors (Lipinski definition) is 2. The molecule has 0 fully saturated rings. The van der Waals surface area contributed by atoms with Gasteiger partial charge in [-0.3, -0.25) is 14.4 Å². The maximum atomic E-state index is 12.7. The fourth-order valence-corrected chi connectivity index (χ4v) is 5.15. The molecule has 4 rings (SSSR count). The molecular weight excluding hydrogens is 774 g/mol. The van der Waals surface area contributed by atoms with E-state index in [0.717, 1.165) is 24.4 Å². The van der Waals surface area contributed by atoms with Gasteiger partial charge >= 0.3 is 12.4 Å². The van der Waals surface area contributed by atoms with Crippen LogP contribution in [0.1, 0.15) is 127 Å². The summed E-state index contributed by atoms with van der Waals surface area (Å²) in [4.78, 5) is 38.9. The summed E-state index contributed by atoms with van der Waals surface area (Å²) in [5.74, 6) is -0.455. The number of halogens is 10. The van der Waals surface area contributed by atoms with Gasteiger partial charge < -0.3 is 19.4 Å². The molecule has 1 aliphatic rings. The summed E-state index contributed by atoms with van der Waals surface area (Å²) in [6.07, 6.45) is -7.39. The van der Waals surface area contributed by atoms with E-state index in [0.29, 0.717) is 28.5 Å². The quantitative estimate of drug-likeness (QED) is 0.242. The first kappa shape index (κ1) is 52.2. The zero-order valence-electron chi connectivity index (χ0n) is 32.7. The summed E-state index contributed by atoms with van der Waals surface area (Å²) in [7, 11) is 3.25. The third kappa shape index (κ3) is 15.6. The highest BCUT2D eigenvalue weighted by Crippen LogP contribution is 2.38. The number of aromatic nitrogens is 3. The second kappa shape index (κ2) is 21.6. The monoisotopic (exact) mass is 826 g/mol. The highest BCUT2D eigenvalue weighted by Gasteiger charge is 2.38. The van der Waals surface area contributed by atoms with Gasteiger partial charge in [-0.25, -0.2) is 17.6 Å². The first-order chi connectivity index (χ1) is 25.5. The van der Waals surface area contributed by atoms with Crippen molar-refractivity contribution in [2.45, 2.75) is 106 Å². The van der Waals surface area contributed by atoms with Crippen LogP contribution in [0.4, 0.5) is 43.9 Å². The van der Waals surface area contributed by atoms with Crippen LogP contribution in [0, 0.1) is 5.92 Å². The number of alkyl halides is 10. The third-order valence-electron chi connectivity index (χ3n) is 8.22. The van der Waals surface area contributed by atoms with Gasteiger partial charge in [0.25, 0.3) is 18.4 Å². The van der Waals surface area contributed by atoms with Crippen molar-refractivity contribution in [3.05, 3.63) is 137 Å². The molecule has 0 aliphatic carbocycles. The van der Waals surface area contributed by atoms with Gasteiger partial charge in [-0.05, 0) is 52.0 Å². The number of aromatic amines is 2. The Kier molecular flexibility index (Phi) is 19.8. The van der Waals surface area contributed by atoms with Crippen LogP contribution < -0.4 is 16.7 Å². The average Bonchev–Trinajstić information content (AvgIpc) is 3.06. The van der Waals surface area contributed by atoms with E-state index in [2.05, 4.69) is 16.5 Å². The number of nitrogens with one attached hydrogen (secondary N) is 2. The molecule has 0 amide bonds. The molecule has 2 N–H and O–H groups in total. The van der Waals surface area contributed by atoms with Crippen molar-refractivity contribution in [2.24, 2.45) is 13.0 Å². The largest absolute Gasteiger partial charge is 0.416 e. The number of likely N-dealkylation sites (N-methyl/N-ethyl adjacent to an activating group) is 1. The summed E-state index contributed by atoms with van der Waals surface area (Å²) >= 11 is 0. The molecule has 0 spiro atoms. The van der Waals surface area contributed by atoms with Gasteiger partial charge in [0.15, 0.2) is 0 Å². The molecule has 320 valence electrons. The first-order valence-electron chi connectivity index (χ1n) is 17.2. The number of rotatable bonds is 6. The van der Waals surface area contributed by atoms with E-state index in [1.807, 2.05) is 13.8 Å². The summed E-state index contributed by atoms with van der Waals surface area (Å²) in [6.45, 7) is 17.6. The van der Waals surface area contributed by atoms with E-state index in [9.17, 15) is 58.3 Å². The smallest absolute Gasteiger partial charge is 0.351 e. The van der Waals surface area contributed by atoms with Crippen molar-refractivity contribution in [2.75, 3.05) is 7.05 Å². The maximum absolute atomic E-state index is 12.7. The Morgan fingerprint density at radius 1 is 0.614 bits per heavy atom. The van der Waals surface area contributed by atoms with Crippen LogP contribution in [0.15, 0.2) is 86.9 Å². The SMILES string of the molecule is C.C=C1C=C(C(F)(F)F)C(C(C)C)=CN1C.CC(C)c1c[nH]c(=O)cc1C(F)(F)F.CC(C)c1c[nH]c(=O)cc1C(F)F.CC(C)c1cn(C)c(=O)cc1C(F)F. The molecule has 7 nitrogen and oxygen atoms in total. The zero-order chi connectivity index (χ0) is 43.6. The predicted molar refractivity (Wildman–Crippen MR) is 204 cm³/mol. The normalized spacial score (nSPS) is 13.1. The number of aryl methyl sites for hydroxylation is 1. The van der Waals surface area contributed by atoms with E-state index in [4.69, 9.17) is 0 Å². The fourth-order valence-electron chi connectivity index (χ4n) is 5.15. The first-order valence-corrected chi connectivity index (χ1v) is 17.2. The number of pyridine rings is 3. The molecule has 0 saturated carbocycles. The molecule has 0 bridgehead atoms. The second-order valence-corrected chi connectivity index (χ2v) is 14.0. The summed E-state index contributed by atoms with van der Waals surface area (Å²) < 4.78 is 127. The highest BCUT2D eigenvalue weighted by atomic mass is 19.4. The zero-order valence-corrected chi connectivity index (χ0v) is 32.7. The van der Waals surface area contributed by atoms with E-state index in [1.54, 1.807) is 60.5 Å². The Labute approximate surface area is 325 Å². The number of hydrogen-bond acceptors (Lipinski definition) is 4. The van der Waals surface area contributed by atoms with E-state index in [1.165, 1.54) is 23.2 Å². The van der Waals surface area contributed by atoms with Crippen LogP contribution in [0.5, 0.6) is 0 Å². The minimum Gasteiger partial charge on any atom is -0.351 e. The number of nitrogens with zero attached hydrogens (tertiary/aromatic N) is 2. The second-order valence-electron chi connectivity index (χ2n) is 14.0. The molecule has 0 aromatic carbocycles. The molecule has 0 atom stereocenters. The van der Waals surface area contributed by atoms with Gasteiger partial charge in [0.05, 0.1) is 11.1 Å². The van der Waals surface area contributed by atoms with Crippen LogP contribution >= 0.6 is 0 Å². The van der Waals surface area contributed by atoms with Gasteiger partial charge in [0.2, 0.25) is 11.1 Å². The van der Waals surface area contributed by atoms with Crippen LogP contribution in [-0.4, -0.2) is 32.7 Å². The minimum absolute atomic E-state index is 0. The van der Waals surface area contributed by atoms with Gasteiger partial charge in [-0.1, -0.05) is 69.4 Å². The van der Waals surface area contributed by atoms with Crippen molar-refractivity contribution in [1.29, 1.82) is 0 Å². The molecular formula is C40H52F10N4O3. The Hall–Kier alpha value is -4.83. The lowest BCUT2D eigenvalue weighted by Crippen LogP contribution is -2.24. The Bertz CT molecular complexity index is 2020. The molecule has 0 radical (unpaired) electrons. The van der Waals surface area contributed by atoms with Gasteiger partial charge in [-0.2, -0.15) is 26.3 Å². The van der Waals surface area contributed by atoms with Crippen molar-refractivity contribution in [3.63, 3.8) is 0 Å². The number of allylic oxidation sites excluding steroid dienone is 3. The standard InChI is InChI=1S/C11H14F3N.C10H13F2NO.C9H10F3NO.C9H11F2NO.CH4/c1-7(2)9-6-15(4)8(3)5-10(9)11(12,13)14;1-6(2)8-5-13(3)9(14)4-7(8)10(11)12;1-5(2)6-4-13-8(14)3-7(6)9(10,11)12;1-5(2)7-4-12-8(13)3-6(7)9(10)11;/h5-7H,3H2,1-2,4H3;4-6,10H,1-3H3;3-5H,1-2H3,(H,13,14);3-5,9H,1-2H3,(H,12,13);1H4.